The minimum atomic E-state index is -0.315. The molecular weight excluding hydrogens is 204 g/mol. The first-order valence-corrected chi connectivity index (χ1v) is 5.61. The summed E-state index contributed by atoms with van der Waals surface area (Å²) in [7, 11) is 0. The number of rotatable bonds is 4. The molecule has 0 aliphatic heterocycles. The average Bonchev–Trinajstić information content (AvgIpc) is 2.27. The monoisotopic (exact) mass is 222 g/mol. The summed E-state index contributed by atoms with van der Waals surface area (Å²) in [6.45, 7) is 4.22. The molecule has 0 saturated heterocycles. The molecule has 0 aromatic heterocycles. The zero-order valence-electron chi connectivity index (χ0n) is 9.72. The van der Waals surface area contributed by atoms with E-state index in [1.807, 2.05) is 18.2 Å². The van der Waals surface area contributed by atoms with Gasteiger partial charge in [0.25, 0.3) is 0 Å². The molecule has 0 aromatic carbocycles. The highest BCUT2D eigenvalue weighted by atomic mass is 16.5. The molecule has 0 bridgehead atoms. The first kappa shape index (κ1) is 12.6. The van der Waals surface area contributed by atoms with E-state index in [2.05, 4.69) is 6.92 Å². The van der Waals surface area contributed by atoms with Crippen molar-refractivity contribution < 1.29 is 14.6 Å². The quantitative estimate of drug-likeness (QED) is 0.587. The van der Waals surface area contributed by atoms with Crippen LogP contribution < -0.4 is 0 Å². The molecule has 1 aliphatic carbocycles. The van der Waals surface area contributed by atoms with Gasteiger partial charge in [0.2, 0.25) is 0 Å². The molecular formula is C13H18O3. The Hall–Kier alpha value is -1.51. The molecule has 88 valence electrons. The number of hydrogen-bond acceptors (Lipinski definition) is 3. The Morgan fingerprint density at radius 3 is 2.94 bits per heavy atom. The lowest BCUT2D eigenvalue weighted by Crippen LogP contribution is -2.12. The predicted molar refractivity (Wildman–Crippen MR) is 62.9 cm³/mol. The third-order valence-electron chi connectivity index (χ3n) is 2.58. The van der Waals surface area contributed by atoms with Crippen LogP contribution in [0.4, 0.5) is 0 Å². The van der Waals surface area contributed by atoms with Crippen LogP contribution in [-0.4, -0.2) is 17.7 Å². The lowest BCUT2D eigenvalue weighted by atomic mass is 9.86. The number of allylic oxidation sites excluding steroid dienone is 4. The van der Waals surface area contributed by atoms with Crippen LogP contribution in [0.25, 0.3) is 0 Å². The summed E-state index contributed by atoms with van der Waals surface area (Å²) in [4.78, 5) is 11.1. The van der Waals surface area contributed by atoms with Crippen molar-refractivity contribution in [3.63, 3.8) is 0 Å². The topological polar surface area (TPSA) is 46.5 Å². The number of aliphatic hydroxyl groups is 1. The van der Waals surface area contributed by atoms with Gasteiger partial charge in [-0.1, -0.05) is 19.1 Å². The number of ether oxygens (including phenoxy) is 1. The Kier molecular flexibility index (Phi) is 4.83. The van der Waals surface area contributed by atoms with E-state index in [0.29, 0.717) is 12.4 Å². The molecule has 0 saturated carbocycles. The van der Waals surface area contributed by atoms with Gasteiger partial charge in [0, 0.05) is 12.0 Å². The lowest BCUT2D eigenvalue weighted by molar-refractivity contribution is -0.137. The van der Waals surface area contributed by atoms with Crippen LogP contribution in [0.1, 0.15) is 20.3 Å². The largest absolute Gasteiger partial charge is 0.508 e. The number of carbonyl (C=O) groups excluding carboxylic acids is 1. The number of carbonyl (C=O) groups is 1. The molecule has 0 spiro atoms. The summed E-state index contributed by atoms with van der Waals surface area (Å²) in [6, 6.07) is 0. The van der Waals surface area contributed by atoms with Gasteiger partial charge in [-0.15, -0.1) is 0 Å². The van der Waals surface area contributed by atoms with Crippen molar-refractivity contribution in [1.82, 2.24) is 0 Å². The number of aliphatic hydroxyl groups excluding tert-OH is 1. The minimum absolute atomic E-state index is 0.158. The van der Waals surface area contributed by atoms with E-state index in [9.17, 15) is 9.90 Å². The fraction of sp³-hybridized carbons (Fsp3) is 0.462. The normalized spacial score (nSPS) is 24.5. The third-order valence-corrected chi connectivity index (χ3v) is 2.58. The highest BCUT2D eigenvalue weighted by Crippen LogP contribution is 2.25. The highest BCUT2D eigenvalue weighted by molar-refractivity contribution is 5.81. The Morgan fingerprint density at radius 2 is 2.31 bits per heavy atom. The minimum Gasteiger partial charge on any atom is -0.508 e. The SMILES string of the molecule is CCOC(=O)C=CC1C=CC(O)=CC1CC. The van der Waals surface area contributed by atoms with Crippen molar-refractivity contribution in [2.75, 3.05) is 6.61 Å². The molecule has 0 fully saturated rings. The average molecular weight is 222 g/mol. The summed E-state index contributed by atoms with van der Waals surface area (Å²) in [6.07, 6.45) is 9.58. The second-order valence-corrected chi connectivity index (χ2v) is 3.71. The standard InChI is InChI=1S/C13H18O3/c1-3-10-9-12(14)7-5-11(10)6-8-13(15)16-4-2/h5-11,14H,3-4H2,1-2H3. The second kappa shape index (κ2) is 6.16. The molecule has 0 aromatic rings. The molecule has 3 nitrogen and oxygen atoms in total. The molecule has 3 heteroatoms. The van der Waals surface area contributed by atoms with Crippen molar-refractivity contribution in [1.29, 1.82) is 0 Å². The van der Waals surface area contributed by atoms with E-state index in [1.165, 1.54) is 6.08 Å². The van der Waals surface area contributed by atoms with Gasteiger partial charge < -0.3 is 9.84 Å². The Morgan fingerprint density at radius 1 is 1.56 bits per heavy atom. The molecule has 0 radical (unpaired) electrons. The third kappa shape index (κ3) is 3.57. The van der Waals surface area contributed by atoms with Crippen LogP contribution >= 0.6 is 0 Å². The Bertz CT molecular complexity index is 326. The fourth-order valence-corrected chi connectivity index (χ4v) is 1.72. The zero-order valence-corrected chi connectivity index (χ0v) is 9.72. The molecule has 1 N–H and O–H groups in total. The van der Waals surface area contributed by atoms with E-state index in [4.69, 9.17) is 4.74 Å². The van der Waals surface area contributed by atoms with Crippen LogP contribution in [0.2, 0.25) is 0 Å². The van der Waals surface area contributed by atoms with E-state index in [-0.39, 0.29) is 17.8 Å². The number of esters is 1. The maximum atomic E-state index is 11.1. The van der Waals surface area contributed by atoms with Crippen LogP contribution in [0.15, 0.2) is 36.1 Å². The van der Waals surface area contributed by atoms with Gasteiger partial charge in [-0.05, 0) is 31.4 Å². The summed E-state index contributed by atoms with van der Waals surface area (Å²) in [5.41, 5.74) is 0. The molecule has 16 heavy (non-hydrogen) atoms. The molecule has 0 heterocycles. The summed E-state index contributed by atoms with van der Waals surface area (Å²) < 4.78 is 4.81. The van der Waals surface area contributed by atoms with E-state index >= 15 is 0 Å². The smallest absolute Gasteiger partial charge is 0.330 e. The molecule has 0 amide bonds. The zero-order chi connectivity index (χ0) is 12.0. The summed E-state index contributed by atoms with van der Waals surface area (Å²) in [5, 5.41) is 9.35. The van der Waals surface area contributed by atoms with Gasteiger partial charge in [-0.3, -0.25) is 0 Å². The number of hydrogen-bond donors (Lipinski definition) is 1. The van der Waals surface area contributed by atoms with Gasteiger partial charge in [0.15, 0.2) is 0 Å². The van der Waals surface area contributed by atoms with Crippen LogP contribution in [0, 0.1) is 11.8 Å². The molecule has 1 aliphatic rings. The van der Waals surface area contributed by atoms with Gasteiger partial charge in [-0.2, -0.15) is 0 Å². The van der Waals surface area contributed by atoms with Gasteiger partial charge in [0.05, 0.1) is 6.61 Å². The van der Waals surface area contributed by atoms with Crippen molar-refractivity contribution in [3.05, 3.63) is 36.1 Å². The van der Waals surface area contributed by atoms with E-state index in [1.54, 1.807) is 13.0 Å². The van der Waals surface area contributed by atoms with Gasteiger partial charge in [0.1, 0.15) is 5.76 Å². The first-order valence-electron chi connectivity index (χ1n) is 5.61. The fourth-order valence-electron chi connectivity index (χ4n) is 1.72. The Labute approximate surface area is 96.1 Å². The van der Waals surface area contributed by atoms with Gasteiger partial charge >= 0.3 is 5.97 Å². The van der Waals surface area contributed by atoms with Crippen molar-refractivity contribution in [2.24, 2.45) is 11.8 Å². The molecule has 2 unspecified atom stereocenters. The summed E-state index contributed by atoms with van der Waals surface area (Å²) in [5.74, 6) is 0.387. The second-order valence-electron chi connectivity index (χ2n) is 3.71. The maximum Gasteiger partial charge on any atom is 0.330 e. The molecule has 1 rings (SSSR count). The van der Waals surface area contributed by atoms with Crippen LogP contribution in [-0.2, 0) is 9.53 Å². The van der Waals surface area contributed by atoms with Crippen molar-refractivity contribution in [3.8, 4) is 0 Å². The van der Waals surface area contributed by atoms with Crippen LogP contribution in [0.5, 0.6) is 0 Å². The Balaban J connectivity index is 2.60. The maximum absolute atomic E-state index is 11.1. The lowest BCUT2D eigenvalue weighted by Gasteiger charge is -2.20. The van der Waals surface area contributed by atoms with Crippen LogP contribution in [0.3, 0.4) is 0 Å². The van der Waals surface area contributed by atoms with Crippen molar-refractivity contribution in [2.45, 2.75) is 20.3 Å². The summed E-state index contributed by atoms with van der Waals surface area (Å²) >= 11 is 0. The van der Waals surface area contributed by atoms with E-state index in [0.717, 1.165) is 6.42 Å². The van der Waals surface area contributed by atoms with Crippen molar-refractivity contribution >= 4 is 5.97 Å². The van der Waals surface area contributed by atoms with E-state index < -0.39 is 0 Å². The predicted octanol–water partition coefficient (Wildman–Crippen LogP) is 2.76. The van der Waals surface area contributed by atoms with Gasteiger partial charge in [-0.25, -0.2) is 4.79 Å². The highest BCUT2D eigenvalue weighted by Gasteiger charge is 2.17. The molecule has 2 atom stereocenters. The first-order chi connectivity index (χ1) is 7.67.